The molecule has 4 fully saturated rings. The first-order valence-corrected chi connectivity index (χ1v) is 25.6. The molecule has 0 atom stereocenters. The number of piperidine rings is 2. The summed E-state index contributed by atoms with van der Waals surface area (Å²) in [5.74, 6) is -0.434. The molecule has 0 radical (unpaired) electrons. The number of aromatic carboxylic acids is 1. The lowest BCUT2D eigenvalue weighted by Gasteiger charge is -2.33. The number of carboxylic acid groups (broad SMARTS) is 1. The van der Waals surface area contributed by atoms with Crippen molar-refractivity contribution in [2.24, 2.45) is 5.73 Å². The van der Waals surface area contributed by atoms with Gasteiger partial charge in [0, 0.05) is 103 Å². The van der Waals surface area contributed by atoms with E-state index in [0.717, 1.165) is 76.5 Å². The highest BCUT2D eigenvalue weighted by molar-refractivity contribution is 6.03. The number of fused-ring (bicyclic) bond motifs is 2. The molecule has 0 aliphatic carbocycles. The van der Waals surface area contributed by atoms with Gasteiger partial charge in [-0.1, -0.05) is 49.9 Å². The summed E-state index contributed by atoms with van der Waals surface area (Å²) in [5, 5.41) is 14.3. The van der Waals surface area contributed by atoms with Gasteiger partial charge in [-0.05, 0) is 150 Å². The van der Waals surface area contributed by atoms with Crippen molar-refractivity contribution in [3.05, 3.63) is 103 Å². The Bertz CT molecular complexity index is 2490. The van der Waals surface area contributed by atoms with Crippen LogP contribution in [0.5, 0.6) is 5.88 Å². The predicted molar refractivity (Wildman–Crippen MR) is 277 cm³/mol. The van der Waals surface area contributed by atoms with Crippen molar-refractivity contribution in [2.75, 3.05) is 85.6 Å². The summed E-state index contributed by atoms with van der Waals surface area (Å²) in [5.41, 5.74) is 12.6. The van der Waals surface area contributed by atoms with Gasteiger partial charge in [0.15, 0.2) is 0 Å². The number of hydrogen-bond donors (Lipinski definition) is 5. The molecule has 10 rings (SSSR count). The number of benzene rings is 2. The Morgan fingerprint density at radius 1 is 0.638 bits per heavy atom. The molecule has 4 aliphatic heterocycles. The second-order valence-electron chi connectivity index (χ2n) is 19.3. The maximum Gasteiger partial charge on any atom is 0.352 e. The van der Waals surface area contributed by atoms with Gasteiger partial charge in [-0.25, -0.2) is 9.78 Å². The van der Waals surface area contributed by atoms with Crippen LogP contribution in [0, 0.1) is 0 Å². The van der Waals surface area contributed by atoms with E-state index in [1.165, 1.54) is 123 Å². The number of aromatic amines is 2. The quantitative estimate of drug-likeness (QED) is 0.0797. The molecule has 1 amide bonds. The van der Waals surface area contributed by atoms with E-state index in [2.05, 4.69) is 50.9 Å². The molecule has 4 aliphatic rings. The average molecular weight is 939 g/mol. The number of ether oxygens (including phenoxy) is 1. The zero-order valence-corrected chi connectivity index (χ0v) is 40.7. The molecule has 0 unspecified atom stereocenters. The molecule has 8 heterocycles. The molecule has 4 saturated heterocycles. The van der Waals surface area contributed by atoms with Crippen molar-refractivity contribution < 1.29 is 19.4 Å². The molecule has 6 aromatic rings. The summed E-state index contributed by atoms with van der Waals surface area (Å²) in [7, 11) is 1.56. The zero-order valence-electron chi connectivity index (χ0n) is 40.7. The largest absolute Gasteiger partial charge is 0.481 e. The molecule has 0 spiro atoms. The summed E-state index contributed by atoms with van der Waals surface area (Å²) >= 11 is 0. The first-order chi connectivity index (χ1) is 33.8. The zero-order chi connectivity index (χ0) is 47.8. The van der Waals surface area contributed by atoms with Gasteiger partial charge >= 0.3 is 5.97 Å². The first-order valence-electron chi connectivity index (χ1n) is 25.6. The highest BCUT2D eigenvalue weighted by Gasteiger charge is 2.23. The Hall–Kier alpha value is -5.64. The lowest BCUT2D eigenvalue weighted by Crippen LogP contribution is -2.46. The summed E-state index contributed by atoms with van der Waals surface area (Å²) in [4.78, 5) is 49.0. The van der Waals surface area contributed by atoms with Gasteiger partial charge in [-0.3, -0.25) is 9.78 Å². The van der Waals surface area contributed by atoms with Gasteiger partial charge in [0.05, 0.1) is 7.11 Å². The van der Waals surface area contributed by atoms with Crippen molar-refractivity contribution in [2.45, 2.75) is 89.1 Å². The number of nitrogens with one attached hydrogen (secondary N) is 3. The number of pyridine rings is 2. The minimum Gasteiger partial charge on any atom is -0.481 e. The molecule has 368 valence electrons. The van der Waals surface area contributed by atoms with Gasteiger partial charge in [-0.2, -0.15) is 0 Å². The fourth-order valence-electron chi connectivity index (χ4n) is 10.3. The van der Waals surface area contributed by atoms with E-state index in [4.69, 9.17) is 15.6 Å². The number of carbonyl (C=O) groups is 2. The monoisotopic (exact) mass is 939 g/mol. The lowest BCUT2D eigenvalue weighted by atomic mass is 10.0. The van der Waals surface area contributed by atoms with Crippen LogP contribution in [0.4, 0.5) is 0 Å². The number of carboxylic acids is 1. The molecule has 14 heteroatoms. The van der Waals surface area contributed by atoms with E-state index in [-0.39, 0.29) is 17.6 Å². The maximum absolute atomic E-state index is 13.0. The van der Waals surface area contributed by atoms with Crippen LogP contribution in [0.2, 0.25) is 0 Å². The van der Waals surface area contributed by atoms with Gasteiger partial charge in [0.25, 0.3) is 5.91 Å². The lowest BCUT2D eigenvalue weighted by molar-refractivity contribution is 0.0691. The third-order valence-electron chi connectivity index (χ3n) is 14.5. The molecule has 0 bridgehead atoms. The molecule has 4 aromatic heterocycles. The first kappa shape index (κ1) is 49.8. The summed E-state index contributed by atoms with van der Waals surface area (Å²) in [6.45, 7) is 14.6. The summed E-state index contributed by atoms with van der Waals surface area (Å²) in [6.07, 6.45) is 20.9. The molecule has 69 heavy (non-hydrogen) atoms. The van der Waals surface area contributed by atoms with Crippen molar-refractivity contribution in [1.29, 1.82) is 0 Å². The standard InChI is InChI=1S/C27H35N5O.C15H12N2O3.C13H27N3/c33-27(26-20-24-23(6-5-7-25(24)30-26)21-8-12-28-13-9-21)29-22-10-16-32(17-11-22)19-18-31-14-3-1-2-4-15-31;1-20-14-6-5-9(8-16-14)10-3-2-4-12-11(10)7-13(17-12)15(18)19;14-13-5-9-16(10-6-13)12-11-15-7-3-1-2-4-8-15/h5-9,12-13,20,22,30H,1-4,10-11,14-19H2,(H,29,33);2-8,17H,1H3,(H,18,19);13H,1-12,14H2. The second-order valence-corrected chi connectivity index (χ2v) is 19.3. The number of nitrogens with two attached hydrogens (primary N) is 1. The van der Waals surface area contributed by atoms with E-state index >= 15 is 0 Å². The number of aromatic nitrogens is 4. The van der Waals surface area contributed by atoms with E-state index < -0.39 is 5.97 Å². The SMILES string of the molecule is COc1ccc(-c2cccc3[nH]c(C(=O)O)cc23)cn1.NC1CCN(CCN2CCCCCC2)CC1.O=C(NC1CCN(CCN2CCCCCC2)CC1)c1cc2c(-c3ccncc3)cccc2[nH]1. The van der Waals surface area contributed by atoms with Crippen LogP contribution in [0.15, 0.2) is 91.4 Å². The molecular weight excluding hydrogens is 865 g/mol. The van der Waals surface area contributed by atoms with E-state index in [0.29, 0.717) is 17.6 Å². The Labute approximate surface area is 408 Å². The number of carbonyl (C=O) groups excluding carboxylic acids is 1. The molecule has 2 aromatic carbocycles. The summed E-state index contributed by atoms with van der Waals surface area (Å²) < 4.78 is 5.03. The normalized spacial score (nSPS) is 18.3. The van der Waals surface area contributed by atoms with Crippen LogP contribution in [0.25, 0.3) is 44.1 Å². The molecule has 14 nitrogen and oxygen atoms in total. The van der Waals surface area contributed by atoms with E-state index in [1.54, 1.807) is 37.8 Å². The third kappa shape index (κ3) is 14.2. The number of methoxy groups -OCH3 is 1. The Balaban J connectivity index is 0.000000152. The number of nitrogens with zero attached hydrogens (tertiary/aromatic N) is 6. The topological polar surface area (TPSA) is 172 Å². The van der Waals surface area contributed by atoms with Crippen LogP contribution in [-0.2, 0) is 0 Å². The van der Waals surface area contributed by atoms with E-state index in [9.17, 15) is 9.59 Å². The fourth-order valence-corrected chi connectivity index (χ4v) is 10.3. The number of hydrogen-bond acceptors (Lipinski definition) is 10. The second kappa shape index (κ2) is 25.3. The molecule has 0 saturated carbocycles. The minimum atomic E-state index is -0.972. The van der Waals surface area contributed by atoms with Crippen LogP contribution in [0.1, 0.15) is 98.0 Å². The smallest absolute Gasteiger partial charge is 0.352 e. The van der Waals surface area contributed by atoms with Gasteiger partial charge < -0.3 is 50.5 Å². The molecule has 6 N–H and O–H groups in total. The van der Waals surface area contributed by atoms with Gasteiger partial charge in [-0.15, -0.1) is 0 Å². The van der Waals surface area contributed by atoms with Crippen molar-refractivity contribution in [1.82, 2.24) is 44.9 Å². The van der Waals surface area contributed by atoms with Crippen LogP contribution >= 0.6 is 0 Å². The van der Waals surface area contributed by atoms with Crippen LogP contribution in [-0.4, -0.2) is 154 Å². The van der Waals surface area contributed by atoms with E-state index in [1.807, 2.05) is 54.6 Å². The van der Waals surface area contributed by atoms with Gasteiger partial charge in [0.1, 0.15) is 11.4 Å². The maximum atomic E-state index is 13.0. The minimum absolute atomic E-state index is 0.00473. The Morgan fingerprint density at radius 2 is 1.13 bits per heavy atom. The predicted octanol–water partition coefficient (Wildman–Crippen LogP) is 8.52. The number of H-pyrrole nitrogens is 2. The number of amides is 1. The van der Waals surface area contributed by atoms with Gasteiger partial charge in [0.2, 0.25) is 5.88 Å². The van der Waals surface area contributed by atoms with Crippen molar-refractivity contribution in [3.63, 3.8) is 0 Å². The Kier molecular flexibility index (Phi) is 18.2. The van der Waals surface area contributed by atoms with Crippen molar-refractivity contribution in [3.8, 4) is 28.1 Å². The van der Waals surface area contributed by atoms with Crippen LogP contribution in [0.3, 0.4) is 0 Å². The number of rotatable bonds is 12. The highest BCUT2D eigenvalue weighted by atomic mass is 16.5. The average Bonchev–Trinajstić information content (AvgIpc) is 3.83. The highest BCUT2D eigenvalue weighted by Crippen LogP contribution is 2.31. The van der Waals surface area contributed by atoms with Crippen LogP contribution < -0.4 is 15.8 Å². The summed E-state index contributed by atoms with van der Waals surface area (Å²) in [6, 6.07) is 23.8. The fraction of sp³-hybridized carbons (Fsp3) is 0.491. The number of likely N-dealkylation sites (tertiary alicyclic amines) is 4. The molecular formula is C55H74N10O4. The van der Waals surface area contributed by atoms with Crippen molar-refractivity contribution >= 4 is 33.7 Å². The third-order valence-corrected chi connectivity index (χ3v) is 14.5. The Morgan fingerprint density at radius 3 is 1.64 bits per heavy atom.